The molecule has 3 atom stereocenters. The lowest BCUT2D eigenvalue weighted by Crippen LogP contribution is -2.53. The highest BCUT2D eigenvalue weighted by Gasteiger charge is 2.28. The SMILES string of the molecule is CC1CCN(C2CCCOC2)CC1N. The molecule has 2 rings (SSSR count). The van der Waals surface area contributed by atoms with Gasteiger partial charge in [-0.3, -0.25) is 4.90 Å². The van der Waals surface area contributed by atoms with Crippen LogP contribution in [0.15, 0.2) is 0 Å². The van der Waals surface area contributed by atoms with Crippen molar-refractivity contribution in [3.63, 3.8) is 0 Å². The van der Waals surface area contributed by atoms with E-state index in [4.69, 9.17) is 10.5 Å². The Morgan fingerprint density at radius 2 is 2.21 bits per heavy atom. The fourth-order valence-electron chi connectivity index (χ4n) is 2.47. The summed E-state index contributed by atoms with van der Waals surface area (Å²) in [5.74, 6) is 0.691. The predicted molar refractivity (Wildman–Crippen MR) is 57.2 cm³/mol. The largest absolute Gasteiger partial charge is 0.380 e. The summed E-state index contributed by atoms with van der Waals surface area (Å²) in [6.07, 6.45) is 3.75. The van der Waals surface area contributed by atoms with E-state index in [1.165, 1.54) is 25.8 Å². The van der Waals surface area contributed by atoms with Crippen molar-refractivity contribution in [2.24, 2.45) is 11.7 Å². The molecule has 2 fully saturated rings. The van der Waals surface area contributed by atoms with Crippen LogP contribution in [0.25, 0.3) is 0 Å². The summed E-state index contributed by atoms with van der Waals surface area (Å²) in [5, 5.41) is 0. The van der Waals surface area contributed by atoms with Crippen LogP contribution in [-0.4, -0.2) is 43.3 Å². The van der Waals surface area contributed by atoms with Crippen LogP contribution < -0.4 is 5.73 Å². The Morgan fingerprint density at radius 1 is 1.36 bits per heavy atom. The number of rotatable bonds is 1. The summed E-state index contributed by atoms with van der Waals surface area (Å²) in [4.78, 5) is 2.53. The Labute approximate surface area is 86.6 Å². The molecule has 14 heavy (non-hydrogen) atoms. The fourth-order valence-corrected chi connectivity index (χ4v) is 2.47. The second-order valence-corrected chi connectivity index (χ2v) is 4.80. The number of piperidine rings is 1. The van der Waals surface area contributed by atoms with Gasteiger partial charge in [0.05, 0.1) is 6.61 Å². The molecule has 0 spiro atoms. The number of ether oxygens (including phenoxy) is 1. The highest BCUT2D eigenvalue weighted by atomic mass is 16.5. The first-order valence-corrected chi connectivity index (χ1v) is 5.85. The molecule has 0 aromatic rings. The monoisotopic (exact) mass is 198 g/mol. The molecular formula is C11H22N2O. The quantitative estimate of drug-likeness (QED) is 0.678. The first kappa shape index (κ1) is 10.4. The minimum atomic E-state index is 0.366. The molecule has 3 nitrogen and oxygen atoms in total. The zero-order valence-corrected chi connectivity index (χ0v) is 9.11. The molecule has 0 radical (unpaired) electrons. The van der Waals surface area contributed by atoms with Gasteiger partial charge in [-0.15, -0.1) is 0 Å². The lowest BCUT2D eigenvalue weighted by Gasteiger charge is -2.41. The molecule has 0 bridgehead atoms. The molecule has 0 aliphatic carbocycles. The molecule has 3 unspecified atom stereocenters. The third kappa shape index (κ3) is 2.27. The highest BCUT2D eigenvalue weighted by molar-refractivity contribution is 4.85. The van der Waals surface area contributed by atoms with E-state index < -0.39 is 0 Å². The van der Waals surface area contributed by atoms with Gasteiger partial charge in [-0.25, -0.2) is 0 Å². The Kier molecular flexibility index (Phi) is 3.42. The Bertz CT molecular complexity index is 180. The topological polar surface area (TPSA) is 38.5 Å². The molecule has 2 heterocycles. The second kappa shape index (κ2) is 4.60. The van der Waals surface area contributed by atoms with Gasteiger partial charge in [-0.05, 0) is 31.7 Å². The molecule has 82 valence electrons. The van der Waals surface area contributed by atoms with Crippen LogP contribution in [0.2, 0.25) is 0 Å². The molecule has 2 N–H and O–H groups in total. The summed E-state index contributed by atoms with van der Waals surface area (Å²) in [6, 6.07) is 1.01. The normalized spacial score (nSPS) is 41.1. The van der Waals surface area contributed by atoms with Crippen molar-refractivity contribution in [3.05, 3.63) is 0 Å². The predicted octanol–water partition coefficient (Wildman–Crippen LogP) is 0.835. The number of nitrogens with zero attached hydrogens (tertiary/aromatic N) is 1. The summed E-state index contributed by atoms with van der Waals surface area (Å²) < 4.78 is 5.51. The maximum Gasteiger partial charge on any atom is 0.0621 e. The maximum atomic E-state index is 6.09. The van der Waals surface area contributed by atoms with Crippen LogP contribution >= 0.6 is 0 Å². The molecule has 0 aromatic heterocycles. The summed E-state index contributed by atoms with van der Waals surface area (Å²) in [5.41, 5.74) is 6.09. The van der Waals surface area contributed by atoms with Crippen molar-refractivity contribution >= 4 is 0 Å². The van der Waals surface area contributed by atoms with Crippen molar-refractivity contribution in [3.8, 4) is 0 Å². The van der Waals surface area contributed by atoms with E-state index in [-0.39, 0.29) is 0 Å². The van der Waals surface area contributed by atoms with Crippen molar-refractivity contribution in [1.29, 1.82) is 0 Å². The molecular weight excluding hydrogens is 176 g/mol. The zero-order chi connectivity index (χ0) is 9.97. The summed E-state index contributed by atoms with van der Waals surface area (Å²) in [7, 11) is 0. The van der Waals surface area contributed by atoms with Gasteiger partial charge in [0.2, 0.25) is 0 Å². The molecule has 3 heteroatoms. The molecule has 2 saturated heterocycles. The van der Waals surface area contributed by atoms with Gasteiger partial charge in [0.15, 0.2) is 0 Å². The lowest BCUT2D eigenvalue weighted by molar-refractivity contribution is 0.00200. The number of likely N-dealkylation sites (tertiary alicyclic amines) is 1. The average molecular weight is 198 g/mol. The van der Waals surface area contributed by atoms with E-state index in [2.05, 4.69) is 11.8 Å². The van der Waals surface area contributed by atoms with Crippen LogP contribution in [-0.2, 0) is 4.74 Å². The smallest absolute Gasteiger partial charge is 0.0621 e. The van der Waals surface area contributed by atoms with E-state index in [9.17, 15) is 0 Å². The van der Waals surface area contributed by atoms with Gasteiger partial charge in [0, 0.05) is 25.2 Å². The van der Waals surface area contributed by atoms with Gasteiger partial charge >= 0.3 is 0 Å². The maximum absolute atomic E-state index is 6.09. The third-order valence-electron chi connectivity index (χ3n) is 3.70. The number of hydrogen-bond donors (Lipinski definition) is 1. The summed E-state index contributed by atoms with van der Waals surface area (Å²) >= 11 is 0. The van der Waals surface area contributed by atoms with Crippen molar-refractivity contribution < 1.29 is 4.74 Å². The third-order valence-corrected chi connectivity index (χ3v) is 3.70. The van der Waals surface area contributed by atoms with Crippen LogP contribution in [0.4, 0.5) is 0 Å². The van der Waals surface area contributed by atoms with E-state index in [1.54, 1.807) is 0 Å². The van der Waals surface area contributed by atoms with E-state index in [1.807, 2.05) is 0 Å². The van der Waals surface area contributed by atoms with Gasteiger partial charge in [-0.1, -0.05) is 6.92 Å². The van der Waals surface area contributed by atoms with Gasteiger partial charge in [-0.2, -0.15) is 0 Å². The van der Waals surface area contributed by atoms with E-state index in [0.717, 1.165) is 19.8 Å². The Hall–Kier alpha value is -0.120. The van der Waals surface area contributed by atoms with Crippen molar-refractivity contribution in [2.75, 3.05) is 26.3 Å². The minimum Gasteiger partial charge on any atom is -0.380 e. The van der Waals surface area contributed by atoms with E-state index in [0.29, 0.717) is 18.0 Å². The Morgan fingerprint density at radius 3 is 2.86 bits per heavy atom. The average Bonchev–Trinajstić information content (AvgIpc) is 2.23. The lowest BCUT2D eigenvalue weighted by atomic mass is 9.92. The molecule has 0 amide bonds. The van der Waals surface area contributed by atoms with Crippen molar-refractivity contribution in [2.45, 2.75) is 38.3 Å². The standard InChI is InChI=1S/C11H22N2O/c1-9-4-5-13(7-11(9)12)10-3-2-6-14-8-10/h9-11H,2-8,12H2,1H3. The highest BCUT2D eigenvalue weighted by Crippen LogP contribution is 2.21. The molecule has 2 aliphatic rings. The number of nitrogens with two attached hydrogens (primary N) is 1. The van der Waals surface area contributed by atoms with Gasteiger partial charge < -0.3 is 10.5 Å². The second-order valence-electron chi connectivity index (χ2n) is 4.80. The van der Waals surface area contributed by atoms with Gasteiger partial charge in [0.25, 0.3) is 0 Å². The molecule has 0 saturated carbocycles. The Balaban J connectivity index is 1.85. The van der Waals surface area contributed by atoms with Gasteiger partial charge in [0.1, 0.15) is 0 Å². The zero-order valence-electron chi connectivity index (χ0n) is 9.11. The first-order valence-electron chi connectivity index (χ1n) is 5.85. The van der Waals surface area contributed by atoms with Crippen LogP contribution in [0.5, 0.6) is 0 Å². The number of hydrogen-bond acceptors (Lipinski definition) is 3. The van der Waals surface area contributed by atoms with Crippen LogP contribution in [0.3, 0.4) is 0 Å². The van der Waals surface area contributed by atoms with Crippen LogP contribution in [0, 0.1) is 5.92 Å². The van der Waals surface area contributed by atoms with Crippen molar-refractivity contribution in [1.82, 2.24) is 4.90 Å². The fraction of sp³-hybridized carbons (Fsp3) is 1.00. The molecule has 2 aliphatic heterocycles. The molecule has 0 aromatic carbocycles. The summed E-state index contributed by atoms with van der Waals surface area (Å²) in [6.45, 7) is 6.41. The minimum absolute atomic E-state index is 0.366. The van der Waals surface area contributed by atoms with Crippen LogP contribution in [0.1, 0.15) is 26.2 Å². The van der Waals surface area contributed by atoms with E-state index >= 15 is 0 Å². The first-order chi connectivity index (χ1) is 6.77.